The summed E-state index contributed by atoms with van der Waals surface area (Å²) in [7, 11) is 0. The molecule has 1 aliphatic carbocycles. The Morgan fingerprint density at radius 3 is 2.70 bits per heavy atom. The number of carbonyl (C=O) groups is 1. The van der Waals surface area contributed by atoms with Crippen LogP contribution in [0.15, 0.2) is 0 Å². The molecule has 0 spiro atoms. The van der Waals surface area contributed by atoms with Crippen LogP contribution in [0.4, 0.5) is 0 Å². The van der Waals surface area contributed by atoms with Crippen LogP contribution in [0, 0.1) is 5.41 Å². The van der Waals surface area contributed by atoms with Gasteiger partial charge in [0.25, 0.3) is 0 Å². The quantitative estimate of drug-likeness (QED) is 0.450. The van der Waals surface area contributed by atoms with E-state index in [9.17, 15) is 4.79 Å². The molecular formula is C8H14OS. The van der Waals surface area contributed by atoms with Crippen LogP contribution >= 0.6 is 11.8 Å². The van der Waals surface area contributed by atoms with Gasteiger partial charge in [0.05, 0.1) is 0 Å². The van der Waals surface area contributed by atoms with Crippen molar-refractivity contribution in [3.8, 4) is 0 Å². The third-order valence-electron chi connectivity index (χ3n) is 2.09. The fourth-order valence-electron chi connectivity index (χ4n) is 1.01. The minimum atomic E-state index is 0.141. The molecule has 0 atom stereocenters. The van der Waals surface area contributed by atoms with Gasteiger partial charge in [0.15, 0.2) is 0 Å². The zero-order valence-corrected chi connectivity index (χ0v) is 7.25. The molecule has 1 saturated carbocycles. The Balaban J connectivity index is 2.07. The molecule has 2 heteroatoms. The lowest BCUT2D eigenvalue weighted by atomic mass is 10.1. The van der Waals surface area contributed by atoms with E-state index in [1.807, 2.05) is 11.8 Å². The van der Waals surface area contributed by atoms with Crippen LogP contribution in [-0.4, -0.2) is 17.8 Å². The summed E-state index contributed by atoms with van der Waals surface area (Å²) in [5, 5.41) is 0. The standard InChI is InChI=1S/C8H14OS/c1-2-10-6-5-8(7-9)3-4-8/h7H,2-6H2,1H3. The van der Waals surface area contributed by atoms with Crippen LogP contribution in [0.5, 0.6) is 0 Å². The lowest BCUT2D eigenvalue weighted by Crippen LogP contribution is -2.02. The van der Waals surface area contributed by atoms with Gasteiger partial charge in [-0.1, -0.05) is 6.92 Å². The second-order valence-corrected chi connectivity index (χ2v) is 4.32. The maximum absolute atomic E-state index is 10.5. The van der Waals surface area contributed by atoms with Crippen molar-refractivity contribution in [3.63, 3.8) is 0 Å². The Morgan fingerprint density at radius 1 is 1.60 bits per heavy atom. The summed E-state index contributed by atoms with van der Waals surface area (Å²) < 4.78 is 0. The molecular weight excluding hydrogens is 144 g/mol. The van der Waals surface area contributed by atoms with Crippen LogP contribution in [0.25, 0.3) is 0 Å². The molecule has 10 heavy (non-hydrogen) atoms. The minimum Gasteiger partial charge on any atom is -0.303 e. The topological polar surface area (TPSA) is 17.1 Å². The smallest absolute Gasteiger partial charge is 0.126 e. The highest BCUT2D eigenvalue weighted by atomic mass is 32.2. The molecule has 1 nitrogen and oxygen atoms in total. The zero-order valence-electron chi connectivity index (χ0n) is 6.43. The van der Waals surface area contributed by atoms with Crippen molar-refractivity contribution >= 4 is 18.0 Å². The van der Waals surface area contributed by atoms with Crippen molar-refractivity contribution < 1.29 is 4.79 Å². The third-order valence-corrected chi connectivity index (χ3v) is 2.99. The molecule has 0 bridgehead atoms. The molecule has 0 heterocycles. The second-order valence-electron chi connectivity index (χ2n) is 2.93. The van der Waals surface area contributed by atoms with Crippen LogP contribution in [-0.2, 0) is 4.79 Å². The lowest BCUT2D eigenvalue weighted by molar-refractivity contribution is -0.112. The van der Waals surface area contributed by atoms with Crippen LogP contribution in [0.3, 0.4) is 0 Å². The Bertz CT molecular complexity index is 118. The highest BCUT2D eigenvalue weighted by molar-refractivity contribution is 7.99. The van der Waals surface area contributed by atoms with E-state index in [1.165, 1.54) is 5.75 Å². The molecule has 0 aromatic heterocycles. The minimum absolute atomic E-state index is 0.141. The van der Waals surface area contributed by atoms with Gasteiger partial charge < -0.3 is 4.79 Å². The third kappa shape index (κ3) is 2.01. The summed E-state index contributed by atoms with van der Waals surface area (Å²) in [6.07, 6.45) is 4.54. The van der Waals surface area contributed by atoms with E-state index in [-0.39, 0.29) is 5.41 Å². The summed E-state index contributed by atoms with van der Waals surface area (Å²) in [5.74, 6) is 2.34. The van der Waals surface area contributed by atoms with E-state index in [4.69, 9.17) is 0 Å². The molecule has 0 aliphatic heterocycles. The predicted octanol–water partition coefficient (Wildman–Crippen LogP) is 2.11. The van der Waals surface area contributed by atoms with E-state index in [0.29, 0.717) is 0 Å². The van der Waals surface area contributed by atoms with Gasteiger partial charge in [-0.05, 0) is 30.8 Å². The van der Waals surface area contributed by atoms with Gasteiger partial charge >= 0.3 is 0 Å². The summed E-state index contributed by atoms with van der Waals surface area (Å²) in [6, 6.07) is 0. The van der Waals surface area contributed by atoms with Gasteiger partial charge in [-0.3, -0.25) is 0 Å². The van der Waals surface area contributed by atoms with E-state index in [1.54, 1.807) is 0 Å². The number of thioether (sulfide) groups is 1. The molecule has 1 aliphatic rings. The van der Waals surface area contributed by atoms with Crippen LogP contribution in [0.1, 0.15) is 26.2 Å². The van der Waals surface area contributed by atoms with Crippen LogP contribution in [0.2, 0.25) is 0 Å². The Hall–Kier alpha value is 0.0200. The molecule has 0 radical (unpaired) electrons. The first-order chi connectivity index (χ1) is 4.83. The van der Waals surface area contributed by atoms with Gasteiger partial charge in [0.1, 0.15) is 6.29 Å². The summed E-state index contributed by atoms with van der Waals surface area (Å²) in [5.41, 5.74) is 0.141. The maximum atomic E-state index is 10.5. The Kier molecular flexibility index (Phi) is 2.78. The van der Waals surface area contributed by atoms with E-state index >= 15 is 0 Å². The van der Waals surface area contributed by atoms with Crippen molar-refractivity contribution in [2.24, 2.45) is 5.41 Å². The average Bonchev–Trinajstić information content (AvgIpc) is 2.70. The molecule has 0 aromatic carbocycles. The van der Waals surface area contributed by atoms with Gasteiger partial charge in [-0.25, -0.2) is 0 Å². The maximum Gasteiger partial charge on any atom is 0.126 e. The monoisotopic (exact) mass is 158 g/mol. The first kappa shape index (κ1) is 8.12. The zero-order chi connectivity index (χ0) is 7.45. The fourth-order valence-corrected chi connectivity index (χ4v) is 1.85. The van der Waals surface area contributed by atoms with E-state index in [2.05, 4.69) is 6.92 Å². The molecule has 58 valence electrons. The number of hydrogen-bond acceptors (Lipinski definition) is 2. The molecule has 0 unspecified atom stereocenters. The van der Waals surface area contributed by atoms with Gasteiger partial charge in [-0.2, -0.15) is 11.8 Å². The summed E-state index contributed by atoms with van der Waals surface area (Å²) in [6.45, 7) is 2.16. The summed E-state index contributed by atoms with van der Waals surface area (Å²) in [4.78, 5) is 10.5. The van der Waals surface area contributed by atoms with E-state index in [0.717, 1.165) is 31.3 Å². The van der Waals surface area contributed by atoms with Gasteiger partial charge in [0.2, 0.25) is 0 Å². The van der Waals surface area contributed by atoms with Gasteiger partial charge in [-0.15, -0.1) is 0 Å². The van der Waals surface area contributed by atoms with Crippen molar-refractivity contribution in [2.75, 3.05) is 11.5 Å². The number of rotatable bonds is 5. The van der Waals surface area contributed by atoms with E-state index < -0.39 is 0 Å². The number of aldehydes is 1. The van der Waals surface area contributed by atoms with Crippen molar-refractivity contribution in [1.29, 1.82) is 0 Å². The van der Waals surface area contributed by atoms with Crippen LogP contribution < -0.4 is 0 Å². The molecule has 0 aromatic rings. The fraction of sp³-hybridized carbons (Fsp3) is 0.875. The molecule has 1 fully saturated rings. The largest absolute Gasteiger partial charge is 0.303 e. The highest BCUT2D eigenvalue weighted by Gasteiger charge is 2.41. The number of hydrogen-bond donors (Lipinski definition) is 0. The van der Waals surface area contributed by atoms with Gasteiger partial charge in [0, 0.05) is 5.41 Å². The lowest BCUT2D eigenvalue weighted by Gasteiger charge is -2.03. The second kappa shape index (κ2) is 3.42. The SMILES string of the molecule is CCSCCC1(C=O)CC1. The predicted molar refractivity (Wildman–Crippen MR) is 45.3 cm³/mol. The average molecular weight is 158 g/mol. The Labute approximate surface area is 66.6 Å². The molecule has 0 amide bonds. The number of carbonyl (C=O) groups excluding carboxylic acids is 1. The Morgan fingerprint density at radius 2 is 2.30 bits per heavy atom. The molecule has 0 saturated heterocycles. The first-order valence-electron chi connectivity index (χ1n) is 3.87. The molecule has 1 rings (SSSR count). The normalized spacial score (nSPS) is 20.5. The molecule has 0 N–H and O–H groups in total. The van der Waals surface area contributed by atoms with Crippen molar-refractivity contribution in [2.45, 2.75) is 26.2 Å². The summed E-state index contributed by atoms with van der Waals surface area (Å²) >= 11 is 1.93. The van der Waals surface area contributed by atoms with Crippen molar-refractivity contribution in [1.82, 2.24) is 0 Å². The first-order valence-corrected chi connectivity index (χ1v) is 5.02. The highest BCUT2D eigenvalue weighted by Crippen LogP contribution is 2.47. The van der Waals surface area contributed by atoms with Crippen molar-refractivity contribution in [3.05, 3.63) is 0 Å².